The Labute approximate surface area is 196 Å². The minimum atomic E-state index is -4.16. The molecule has 178 valence electrons. The molecule has 0 amide bonds. The topological polar surface area (TPSA) is 118 Å². The van der Waals surface area contributed by atoms with Crippen LogP contribution in [0.4, 0.5) is 5.82 Å². The summed E-state index contributed by atoms with van der Waals surface area (Å²) < 4.78 is 53.8. The molecule has 0 aliphatic carbocycles. The van der Waals surface area contributed by atoms with Gasteiger partial charge in [-0.1, -0.05) is 11.2 Å². The normalized spacial score (nSPS) is 14.6. The molecule has 2 aromatic heterocycles. The zero-order chi connectivity index (χ0) is 24.1. The zero-order valence-electron chi connectivity index (χ0n) is 19.2. The number of fused-ring (bicyclic) bond motifs is 2. The molecule has 10 nitrogen and oxygen atoms in total. The van der Waals surface area contributed by atoms with Gasteiger partial charge >= 0.3 is 0 Å². The van der Waals surface area contributed by atoms with E-state index in [1.54, 1.807) is 29.1 Å². The van der Waals surface area contributed by atoms with Crippen LogP contribution >= 0.6 is 0 Å². The van der Waals surface area contributed by atoms with Crippen LogP contribution in [0.1, 0.15) is 25.0 Å². The van der Waals surface area contributed by atoms with Gasteiger partial charge in [0.25, 0.3) is 10.0 Å². The fraction of sp³-hybridized carbons (Fsp3) is 0.304. The SMILES string of the molecule is COc1ccc2c(c1S(=O)(=O)Nc1noc3cc(Cn4cccn4)cc(OC)c13)OC(C)(C)C2. The minimum Gasteiger partial charge on any atom is -0.496 e. The first-order chi connectivity index (χ1) is 16.2. The summed E-state index contributed by atoms with van der Waals surface area (Å²) in [5.74, 6) is 0.874. The largest absolute Gasteiger partial charge is 0.496 e. The van der Waals surface area contributed by atoms with Crippen molar-refractivity contribution in [2.24, 2.45) is 0 Å². The fourth-order valence-electron chi connectivity index (χ4n) is 4.19. The lowest BCUT2D eigenvalue weighted by molar-refractivity contribution is 0.134. The lowest BCUT2D eigenvalue weighted by Crippen LogP contribution is -2.25. The predicted molar refractivity (Wildman–Crippen MR) is 124 cm³/mol. The van der Waals surface area contributed by atoms with Gasteiger partial charge in [0.05, 0.1) is 20.8 Å². The molecule has 0 atom stereocenters. The minimum absolute atomic E-state index is 0.00871. The van der Waals surface area contributed by atoms with Crippen molar-refractivity contribution in [3.8, 4) is 17.2 Å². The van der Waals surface area contributed by atoms with Crippen molar-refractivity contribution in [2.45, 2.75) is 37.3 Å². The summed E-state index contributed by atoms with van der Waals surface area (Å²) in [7, 11) is -1.25. The first-order valence-corrected chi connectivity index (χ1v) is 12.0. The van der Waals surface area contributed by atoms with E-state index >= 15 is 0 Å². The summed E-state index contributed by atoms with van der Waals surface area (Å²) in [4.78, 5) is -0.0801. The second-order valence-electron chi connectivity index (χ2n) is 8.64. The van der Waals surface area contributed by atoms with E-state index in [1.165, 1.54) is 14.2 Å². The maximum absolute atomic E-state index is 13.6. The van der Waals surface area contributed by atoms with Crippen LogP contribution in [0.25, 0.3) is 11.0 Å². The number of nitrogens with zero attached hydrogens (tertiary/aromatic N) is 3. The van der Waals surface area contributed by atoms with E-state index in [-0.39, 0.29) is 22.2 Å². The Bertz CT molecular complexity index is 1480. The Morgan fingerprint density at radius 3 is 2.68 bits per heavy atom. The first-order valence-electron chi connectivity index (χ1n) is 10.6. The molecule has 4 aromatic rings. The van der Waals surface area contributed by atoms with Gasteiger partial charge in [-0.05, 0) is 49.2 Å². The van der Waals surface area contributed by atoms with Gasteiger partial charge in [-0.3, -0.25) is 9.40 Å². The standard InChI is InChI=1S/C23H24N4O6S/c1-23(2)12-15-6-7-16(30-3)21(20(15)32-23)34(28,29)26-22-19-17(31-4)10-14(11-18(19)33-25-22)13-27-9-5-8-24-27/h5-11H,12-13H2,1-4H3,(H,25,26). The Kier molecular flexibility index (Phi) is 5.16. The van der Waals surface area contributed by atoms with Crippen LogP contribution in [0.3, 0.4) is 0 Å². The first kappa shape index (κ1) is 22.1. The third-order valence-corrected chi connectivity index (χ3v) is 6.98. The van der Waals surface area contributed by atoms with Crippen molar-refractivity contribution >= 4 is 26.8 Å². The number of hydrogen-bond donors (Lipinski definition) is 1. The summed E-state index contributed by atoms with van der Waals surface area (Å²) in [5.41, 5.74) is 1.49. The molecule has 34 heavy (non-hydrogen) atoms. The van der Waals surface area contributed by atoms with Crippen molar-refractivity contribution in [3.63, 3.8) is 0 Å². The van der Waals surface area contributed by atoms with Gasteiger partial charge in [-0.25, -0.2) is 8.42 Å². The summed E-state index contributed by atoms with van der Waals surface area (Å²) in [6.07, 6.45) is 4.11. The Hall–Kier alpha value is -3.73. The molecule has 3 heterocycles. The quantitative estimate of drug-likeness (QED) is 0.423. The van der Waals surface area contributed by atoms with Crippen molar-refractivity contribution < 1.29 is 27.2 Å². The molecule has 0 radical (unpaired) electrons. The van der Waals surface area contributed by atoms with Crippen molar-refractivity contribution in [1.29, 1.82) is 0 Å². The van der Waals surface area contributed by atoms with Crippen LogP contribution in [0, 0.1) is 0 Å². The summed E-state index contributed by atoms with van der Waals surface area (Å²) in [6.45, 7) is 4.29. The number of anilines is 1. The van der Waals surface area contributed by atoms with E-state index in [0.29, 0.717) is 29.7 Å². The van der Waals surface area contributed by atoms with Crippen LogP contribution in [0.2, 0.25) is 0 Å². The van der Waals surface area contributed by atoms with Crippen LogP contribution in [-0.2, 0) is 23.0 Å². The molecule has 0 unspecified atom stereocenters. The van der Waals surface area contributed by atoms with Crippen molar-refractivity contribution in [1.82, 2.24) is 14.9 Å². The number of sulfonamides is 1. The third kappa shape index (κ3) is 3.81. The van der Waals surface area contributed by atoms with Gasteiger partial charge in [-0.15, -0.1) is 0 Å². The molecular formula is C23H24N4O6S. The second kappa shape index (κ2) is 7.94. The van der Waals surface area contributed by atoms with Crippen molar-refractivity contribution in [3.05, 3.63) is 53.9 Å². The third-order valence-electron chi connectivity index (χ3n) is 5.59. The molecule has 5 rings (SSSR count). The highest BCUT2D eigenvalue weighted by atomic mass is 32.2. The number of rotatable bonds is 7. The van der Waals surface area contributed by atoms with Gasteiger partial charge in [0, 0.05) is 18.8 Å². The molecule has 0 spiro atoms. The molecule has 1 aliphatic rings. The molecule has 0 saturated heterocycles. The number of nitrogens with one attached hydrogen (secondary N) is 1. The van der Waals surface area contributed by atoms with E-state index in [1.807, 2.05) is 32.2 Å². The Morgan fingerprint density at radius 2 is 1.97 bits per heavy atom. The molecule has 1 aliphatic heterocycles. The number of hydrogen-bond acceptors (Lipinski definition) is 8. The van der Waals surface area contributed by atoms with Crippen LogP contribution < -0.4 is 18.9 Å². The molecule has 0 bridgehead atoms. The molecule has 11 heteroatoms. The lowest BCUT2D eigenvalue weighted by atomic mass is 10.0. The van der Waals surface area contributed by atoms with E-state index in [9.17, 15) is 8.42 Å². The van der Waals surface area contributed by atoms with E-state index in [0.717, 1.165) is 11.1 Å². The highest BCUT2D eigenvalue weighted by Crippen LogP contribution is 2.45. The molecule has 2 aromatic carbocycles. The molecule has 0 saturated carbocycles. The van der Waals surface area contributed by atoms with E-state index in [2.05, 4.69) is 15.0 Å². The Balaban J connectivity index is 1.56. The van der Waals surface area contributed by atoms with Crippen LogP contribution in [0.5, 0.6) is 17.2 Å². The maximum Gasteiger partial charge on any atom is 0.270 e. The highest BCUT2D eigenvalue weighted by Gasteiger charge is 2.38. The smallest absolute Gasteiger partial charge is 0.270 e. The Morgan fingerprint density at radius 1 is 1.18 bits per heavy atom. The fourth-order valence-corrected chi connectivity index (χ4v) is 5.52. The number of methoxy groups -OCH3 is 2. The average Bonchev–Trinajstić information content (AvgIpc) is 3.50. The van der Waals surface area contributed by atoms with Gasteiger partial charge in [0.2, 0.25) is 0 Å². The summed E-state index contributed by atoms with van der Waals surface area (Å²) in [6, 6.07) is 8.84. The van der Waals surface area contributed by atoms with Gasteiger partial charge in [0.15, 0.2) is 16.3 Å². The number of aromatic nitrogens is 3. The van der Waals surface area contributed by atoms with Gasteiger partial charge < -0.3 is 18.7 Å². The number of benzene rings is 2. The zero-order valence-corrected chi connectivity index (χ0v) is 20.0. The maximum atomic E-state index is 13.6. The highest BCUT2D eigenvalue weighted by molar-refractivity contribution is 7.93. The molecule has 0 fully saturated rings. The molecular weight excluding hydrogens is 460 g/mol. The number of ether oxygens (including phenoxy) is 3. The van der Waals surface area contributed by atoms with E-state index < -0.39 is 15.6 Å². The predicted octanol–water partition coefficient (Wildman–Crippen LogP) is 3.60. The lowest BCUT2D eigenvalue weighted by Gasteiger charge is -2.19. The van der Waals surface area contributed by atoms with Crippen LogP contribution in [0.15, 0.2) is 52.1 Å². The van der Waals surface area contributed by atoms with Crippen LogP contribution in [-0.4, -0.2) is 43.2 Å². The summed E-state index contributed by atoms with van der Waals surface area (Å²) in [5, 5.41) is 8.59. The van der Waals surface area contributed by atoms with Gasteiger partial charge in [-0.2, -0.15) is 5.10 Å². The monoisotopic (exact) mass is 484 g/mol. The van der Waals surface area contributed by atoms with Gasteiger partial charge in [0.1, 0.15) is 28.2 Å². The van der Waals surface area contributed by atoms with E-state index in [4.69, 9.17) is 18.7 Å². The summed E-state index contributed by atoms with van der Waals surface area (Å²) >= 11 is 0. The van der Waals surface area contributed by atoms with Crippen molar-refractivity contribution in [2.75, 3.05) is 18.9 Å². The average molecular weight is 485 g/mol. The molecule has 1 N–H and O–H groups in total. The second-order valence-corrected chi connectivity index (χ2v) is 10.3.